The van der Waals surface area contributed by atoms with E-state index < -0.39 is 5.97 Å². The molecule has 0 bridgehead atoms. The van der Waals surface area contributed by atoms with Crippen LogP contribution in [-0.2, 0) is 0 Å². The van der Waals surface area contributed by atoms with E-state index in [2.05, 4.69) is 9.97 Å². The van der Waals surface area contributed by atoms with Crippen molar-refractivity contribution in [3.8, 4) is 22.9 Å². The predicted molar refractivity (Wildman–Crippen MR) is 68.7 cm³/mol. The summed E-state index contributed by atoms with van der Waals surface area (Å²) in [5.74, 6) is 0.641. The van der Waals surface area contributed by atoms with E-state index in [0.29, 0.717) is 23.9 Å². The van der Waals surface area contributed by atoms with Crippen molar-refractivity contribution in [1.29, 1.82) is 0 Å². The second kappa shape index (κ2) is 5.43. The maximum absolute atomic E-state index is 10.8. The predicted octanol–water partition coefficient (Wildman–Crippen LogP) is 2.18. The molecule has 2 rings (SSSR count). The number of carbonyl (C=O) groups is 1. The number of aromatic nitrogens is 2. The topological polar surface area (TPSA) is 84.4 Å². The van der Waals surface area contributed by atoms with Crippen LogP contribution in [0.1, 0.15) is 17.4 Å². The van der Waals surface area contributed by atoms with Gasteiger partial charge in [0.15, 0.2) is 11.5 Å². The molecule has 0 spiro atoms. The van der Waals surface area contributed by atoms with Crippen molar-refractivity contribution in [3.63, 3.8) is 0 Å². The molecule has 1 aromatic heterocycles. The highest BCUT2D eigenvalue weighted by Crippen LogP contribution is 2.31. The summed E-state index contributed by atoms with van der Waals surface area (Å²) >= 11 is 0. The van der Waals surface area contributed by atoms with Crippen LogP contribution in [0.2, 0.25) is 0 Å². The summed E-state index contributed by atoms with van der Waals surface area (Å²) in [6, 6.07) is 5.30. The third-order valence-electron chi connectivity index (χ3n) is 2.54. The summed E-state index contributed by atoms with van der Waals surface area (Å²) in [5, 5.41) is 8.84. The maximum atomic E-state index is 10.8. The van der Waals surface area contributed by atoms with Crippen LogP contribution >= 0.6 is 0 Å². The molecule has 0 saturated heterocycles. The number of nitrogens with zero attached hydrogens (tertiary/aromatic N) is 1. The van der Waals surface area contributed by atoms with Crippen molar-refractivity contribution in [2.75, 3.05) is 13.7 Å². The van der Waals surface area contributed by atoms with Gasteiger partial charge in [0.2, 0.25) is 0 Å². The Morgan fingerprint density at radius 1 is 1.42 bits per heavy atom. The van der Waals surface area contributed by atoms with Gasteiger partial charge in [-0.25, -0.2) is 9.78 Å². The summed E-state index contributed by atoms with van der Waals surface area (Å²) in [6.45, 7) is 2.43. The number of aromatic carboxylic acids is 1. The van der Waals surface area contributed by atoms with Crippen molar-refractivity contribution in [2.24, 2.45) is 0 Å². The van der Waals surface area contributed by atoms with Gasteiger partial charge in [-0.1, -0.05) is 0 Å². The van der Waals surface area contributed by atoms with E-state index in [9.17, 15) is 4.79 Å². The van der Waals surface area contributed by atoms with Gasteiger partial charge in [-0.2, -0.15) is 0 Å². The highest BCUT2D eigenvalue weighted by Gasteiger charge is 2.11. The molecule has 0 radical (unpaired) electrons. The van der Waals surface area contributed by atoms with Crippen LogP contribution < -0.4 is 9.47 Å². The van der Waals surface area contributed by atoms with Crippen LogP contribution in [0, 0.1) is 0 Å². The molecule has 0 aliphatic heterocycles. The van der Waals surface area contributed by atoms with Gasteiger partial charge in [-0.05, 0) is 25.1 Å². The molecule has 0 aliphatic rings. The molecule has 1 heterocycles. The summed E-state index contributed by atoms with van der Waals surface area (Å²) in [6.07, 6.45) is 1.28. The first-order valence-electron chi connectivity index (χ1n) is 5.75. The van der Waals surface area contributed by atoms with Gasteiger partial charge >= 0.3 is 5.97 Å². The number of carboxylic acids is 1. The van der Waals surface area contributed by atoms with Gasteiger partial charge in [-0.15, -0.1) is 0 Å². The number of H-pyrrole nitrogens is 1. The summed E-state index contributed by atoms with van der Waals surface area (Å²) < 4.78 is 10.6. The van der Waals surface area contributed by atoms with Gasteiger partial charge in [0.1, 0.15) is 11.5 Å². The first kappa shape index (κ1) is 12.9. The molecule has 1 aromatic carbocycles. The lowest BCUT2D eigenvalue weighted by Crippen LogP contribution is -1.97. The number of imidazole rings is 1. The Hall–Kier alpha value is -2.50. The first-order chi connectivity index (χ1) is 9.15. The fourth-order valence-corrected chi connectivity index (χ4v) is 1.67. The summed E-state index contributed by atoms with van der Waals surface area (Å²) in [4.78, 5) is 17.5. The van der Waals surface area contributed by atoms with Gasteiger partial charge in [0, 0.05) is 5.56 Å². The molecule has 100 valence electrons. The zero-order valence-electron chi connectivity index (χ0n) is 10.6. The quantitative estimate of drug-likeness (QED) is 0.862. The number of ether oxygens (including phenoxy) is 2. The Balaban J connectivity index is 2.36. The van der Waals surface area contributed by atoms with Crippen LogP contribution in [-0.4, -0.2) is 34.8 Å². The van der Waals surface area contributed by atoms with E-state index in [1.807, 2.05) is 6.92 Å². The fourth-order valence-electron chi connectivity index (χ4n) is 1.67. The third kappa shape index (κ3) is 2.67. The van der Waals surface area contributed by atoms with E-state index in [1.165, 1.54) is 6.20 Å². The number of benzene rings is 1. The molecule has 0 amide bonds. The van der Waals surface area contributed by atoms with E-state index in [0.717, 1.165) is 5.56 Å². The number of carboxylic acid groups (broad SMARTS) is 1. The minimum absolute atomic E-state index is 0.0443. The highest BCUT2D eigenvalue weighted by atomic mass is 16.5. The Bertz CT molecular complexity index is 592. The monoisotopic (exact) mass is 262 g/mol. The van der Waals surface area contributed by atoms with Crippen molar-refractivity contribution in [1.82, 2.24) is 9.97 Å². The summed E-state index contributed by atoms with van der Waals surface area (Å²) in [5.41, 5.74) is 0.774. The number of hydrogen-bond donors (Lipinski definition) is 2. The molecule has 6 nitrogen and oxygen atoms in total. The highest BCUT2D eigenvalue weighted by molar-refractivity contribution is 5.85. The molecule has 2 aromatic rings. The number of rotatable bonds is 5. The average molecular weight is 262 g/mol. The molecule has 0 saturated carbocycles. The maximum Gasteiger partial charge on any atom is 0.353 e. The van der Waals surface area contributed by atoms with Crippen molar-refractivity contribution in [3.05, 3.63) is 30.1 Å². The molecule has 19 heavy (non-hydrogen) atoms. The zero-order chi connectivity index (χ0) is 13.8. The molecular weight excluding hydrogens is 248 g/mol. The summed E-state index contributed by atoms with van der Waals surface area (Å²) in [7, 11) is 1.55. The number of hydrogen-bond acceptors (Lipinski definition) is 4. The van der Waals surface area contributed by atoms with E-state index in [1.54, 1.807) is 25.3 Å². The Kier molecular flexibility index (Phi) is 3.70. The van der Waals surface area contributed by atoms with Crippen LogP contribution in [0.5, 0.6) is 11.5 Å². The van der Waals surface area contributed by atoms with E-state index in [4.69, 9.17) is 14.6 Å². The number of aromatic amines is 1. The molecule has 0 unspecified atom stereocenters. The normalized spacial score (nSPS) is 10.2. The van der Waals surface area contributed by atoms with E-state index in [-0.39, 0.29) is 5.69 Å². The smallest absolute Gasteiger partial charge is 0.353 e. The molecule has 0 aliphatic carbocycles. The minimum atomic E-state index is -1.04. The molecular formula is C13H14N2O4. The fraction of sp³-hybridized carbons (Fsp3) is 0.231. The Morgan fingerprint density at radius 3 is 2.79 bits per heavy atom. The van der Waals surface area contributed by atoms with Crippen LogP contribution in [0.25, 0.3) is 11.4 Å². The lowest BCUT2D eigenvalue weighted by molar-refractivity contribution is 0.0691. The second-order valence-electron chi connectivity index (χ2n) is 3.75. The second-order valence-corrected chi connectivity index (χ2v) is 3.75. The zero-order valence-corrected chi connectivity index (χ0v) is 10.6. The van der Waals surface area contributed by atoms with Gasteiger partial charge in [-0.3, -0.25) is 0 Å². The number of methoxy groups -OCH3 is 1. The van der Waals surface area contributed by atoms with Crippen molar-refractivity contribution in [2.45, 2.75) is 6.92 Å². The SMILES string of the molecule is CCOc1ccc(-c2ncc(C(=O)O)[nH]2)cc1OC. The standard InChI is InChI=1S/C13H14N2O4/c1-3-19-10-5-4-8(6-11(10)18-2)12-14-7-9(15-12)13(16)17/h4-7H,3H2,1-2H3,(H,14,15)(H,16,17). The number of nitrogens with one attached hydrogen (secondary N) is 1. The van der Waals surface area contributed by atoms with Crippen LogP contribution in [0.4, 0.5) is 0 Å². The van der Waals surface area contributed by atoms with E-state index >= 15 is 0 Å². The molecule has 0 fully saturated rings. The van der Waals surface area contributed by atoms with Gasteiger partial charge in [0.25, 0.3) is 0 Å². The largest absolute Gasteiger partial charge is 0.493 e. The lowest BCUT2D eigenvalue weighted by atomic mass is 10.2. The van der Waals surface area contributed by atoms with Gasteiger partial charge < -0.3 is 19.6 Å². The molecule has 6 heteroatoms. The van der Waals surface area contributed by atoms with Gasteiger partial charge in [0.05, 0.1) is 19.9 Å². The van der Waals surface area contributed by atoms with Crippen molar-refractivity contribution < 1.29 is 19.4 Å². The van der Waals surface area contributed by atoms with Crippen molar-refractivity contribution >= 4 is 5.97 Å². The molecule has 0 atom stereocenters. The first-order valence-corrected chi connectivity index (χ1v) is 5.75. The Labute approximate surface area is 110 Å². The third-order valence-corrected chi connectivity index (χ3v) is 2.54. The van der Waals surface area contributed by atoms with Crippen LogP contribution in [0.15, 0.2) is 24.4 Å². The Morgan fingerprint density at radius 2 is 2.21 bits per heavy atom. The van der Waals surface area contributed by atoms with Crippen LogP contribution in [0.3, 0.4) is 0 Å². The minimum Gasteiger partial charge on any atom is -0.493 e. The lowest BCUT2D eigenvalue weighted by Gasteiger charge is -2.09. The molecule has 2 N–H and O–H groups in total. The average Bonchev–Trinajstić information content (AvgIpc) is 2.89.